The van der Waals surface area contributed by atoms with E-state index in [0.717, 1.165) is 24.3 Å². The van der Waals surface area contributed by atoms with Crippen molar-refractivity contribution in [1.29, 1.82) is 0 Å². The van der Waals surface area contributed by atoms with E-state index in [9.17, 15) is 9.59 Å². The lowest BCUT2D eigenvalue weighted by atomic mass is 10.1. The number of benzene rings is 1. The number of nitrogens with one attached hydrogen (secondary N) is 3. The van der Waals surface area contributed by atoms with Gasteiger partial charge in [-0.15, -0.1) is 0 Å². The molecule has 1 heterocycles. The largest absolute Gasteiger partial charge is 0.348 e. The van der Waals surface area contributed by atoms with Crippen molar-refractivity contribution >= 4 is 11.8 Å². The molecule has 1 aromatic carbocycles. The van der Waals surface area contributed by atoms with Crippen molar-refractivity contribution in [2.75, 3.05) is 19.6 Å². The number of carbonyl (C=O) groups excluding carboxylic acids is 2. The zero-order valence-corrected chi connectivity index (χ0v) is 13.4. The van der Waals surface area contributed by atoms with Gasteiger partial charge in [-0.1, -0.05) is 30.3 Å². The summed E-state index contributed by atoms with van der Waals surface area (Å²) in [7, 11) is 0. The van der Waals surface area contributed by atoms with Crippen molar-refractivity contribution in [3.63, 3.8) is 0 Å². The Bertz CT molecular complexity index is 504. The summed E-state index contributed by atoms with van der Waals surface area (Å²) >= 11 is 0. The minimum atomic E-state index is -0.190. The fraction of sp³-hybridized carbons (Fsp3) is 0.529. The van der Waals surface area contributed by atoms with E-state index in [1.54, 1.807) is 0 Å². The number of quaternary nitrogens is 1. The lowest BCUT2D eigenvalue weighted by Gasteiger charge is -2.29. The van der Waals surface area contributed by atoms with Gasteiger partial charge in [0.05, 0.1) is 13.1 Å². The topological polar surface area (TPSA) is 62.6 Å². The van der Waals surface area contributed by atoms with Gasteiger partial charge in [0.25, 0.3) is 11.8 Å². The Morgan fingerprint density at radius 2 is 2.05 bits per heavy atom. The predicted octanol–water partition coefficient (Wildman–Crippen LogP) is -0.473. The lowest BCUT2D eigenvalue weighted by Crippen LogP contribution is -3.19. The van der Waals surface area contributed by atoms with Crippen LogP contribution >= 0.6 is 0 Å². The number of hydrogen-bond acceptors (Lipinski definition) is 2. The summed E-state index contributed by atoms with van der Waals surface area (Å²) in [4.78, 5) is 24.8. The van der Waals surface area contributed by atoms with Crippen LogP contribution in [0.2, 0.25) is 0 Å². The van der Waals surface area contributed by atoms with Crippen LogP contribution in [0.5, 0.6) is 0 Å². The van der Waals surface area contributed by atoms with E-state index in [2.05, 4.69) is 22.8 Å². The van der Waals surface area contributed by atoms with Crippen molar-refractivity contribution in [3.05, 3.63) is 35.9 Å². The lowest BCUT2D eigenvalue weighted by molar-refractivity contribution is -0.907. The van der Waals surface area contributed by atoms with Crippen molar-refractivity contribution in [1.82, 2.24) is 10.6 Å². The highest BCUT2D eigenvalue weighted by Gasteiger charge is 2.30. The summed E-state index contributed by atoms with van der Waals surface area (Å²) in [5, 5.41) is 5.86. The van der Waals surface area contributed by atoms with Crippen LogP contribution in [0.25, 0.3) is 0 Å². The maximum atomic E-state index is 12.3. The number of carbonyl (C=O) groups is 2. The van der Waals surface area contributed by atoms with E-state index in [4.69, 9.17) is 0 Å². The smallest absolute Gasteiger partial charge is 0.278 e. The average Bonchev–Trinajstić information content (AvgIpc) is 2.53. The predicted molar refractivity (Wildman–Crippen MR) is 85.5 cm³/mol. The highest BCUT2D eigenvalue weighted by atomic mass is 16.2. The van der Waals surface area contributed by atoms with Gasteiger partial charge in [-0.05, 0) is 32.3 Å². The Hall–Kier alpha value is -1.88. The summed E-state index contributed by atoms with van der Waals surface area (Å²) in [5.74, 6) is 0.0586. The van der Waals surface area contributed by atoms with Crippen LogP contribution < -0.4 is 15.5 Å². The molecule has 3 atom stereocenters. The molecule has 0 saturated carbocycles. The maximum Gasteiger partial charge on any atom is 0.278 e. The molecule has 0 radical (unpaired) electrons. The minimum absolute atomic E-state index is 0.0260. The van der Waals surface area contributed by atoms with Gasteiger partial charge in [0.2, 0.25) is 0 Å². The molecule has 0 aromatic heterocycles. The summed E-state index contributed by atoms with van der Waals surface area (Å²) in [6.07, 6.45) is 1.87. The van der Waals surface area contributed by atoms with Crippen molar-refractivity contribution in [2.24, 2.45) is 0 Å². The molecule has 1 aromatic rings. The second kappa shape index (κ2) is 7.94. The van der Waals surface area contributed by atoms with Gasteiger partial charge >= 0.3 is 0 Å². The maximum absolute atomic E-state index is 12.3. The Kier molecular flexibility index (Phi) is 5.95. The van der Waals surface area contributed by atoms with Crippen LogP contribution in [-0.4, -0.2) is 43.5 Å². The van der Waals surface area contributed by atoms with E-state index < -0.39 is 0 Å². The highest BCUT2D eigenvalue weighted by molar-refractivity contribution is 5.81. The third-order valence-corrected chi connectivity index (χ3v) is 4.26. The second-order valence-electron chi connectivity index (χ2n) is 6.09. The van der Waals surface area contributed by atoms with Gasteiger partial charge in [0.15, 0.2) is 12.6 Å². The normalized spacial score (nSPS) is 20.8. The summed E-state index contributed by atoms with van der Waals surface area (Å²) < 4.78 is 0. The molecule has 1 saturated heterocycles. The van der Waals surface area contributed by atoms with Crippen LogP contribution in [0.1, 0.15) is 25.8 Å². The molecule has 2 amide bonds. The van der Waals surface area contributed by atoms with Crippen LogP contribution in [0.15, 0.2) is 30.3 Å². The van der Waals surface area contributed by atoms with Gasteiger partial charge in [-0.2, -0.15) is 0 Å². The first kappa shape index (κ1) is 16.5. The summed E-state index contributed by atoms with van der Waals surface area (Å²) in [5.41, 5.74) is 1.29. The fourth-order valence-electron chi connectivity index (χ4n) is 2.74. The van der Waals surface area contributed by atoms with Crippen molar-refractivity contribution in [2.45, 2.75) is 38.8 Å². The quantitative estimate of drug-likeness (QED) is 0.665. The van der Waals surface area contributed by atoms with Gasteiger partial charge in [0, 0.05) is 6.04 Å². The van der Waals surface area contributed by atoms with Gasteiger partial charge in [-0.25, -0.2) is 0 Å². The molecule has 1 aliphatic rings. The zero-order valence-electron chi connectivity index (χ0n) is 13.4. The molecule has 0 aliphatic carbocycles. The SMILES string of the molecule is C[C@H](CCc1ccccc1)NC(=O)[C@H](C)[NH+]1CCNC(=O)C1. The molecule has 0 spiro atoms. The molecule has 22 heavy (non-hydrogen) atoms. The molecule has 120 valence electrons. The molecule has 0 bridgehead atoms. The molecule has 5 heteroatoms. The van der Waals surface area contributed by atoms with Crippen molar-refractivity contribution < 1.29 is 14.5 Å². The standard InChI is InChI=1S/C17H25N3O2/c1-13(8-9-15-6-4-3-5-7-15)19-17(22)14(2)20-11-10-18-16(21)12-20/h3-7,13-14H,8-12H2,1-2H3,(H,18,21)(H,19,22)/p+1/t13-,14+/m1/s1. The van der Waals surface area contributed by atoms with E-state index in [-0.39, 0.29) is 23.9 Å². The van der Waals surface area contributed by atoms with Crippen LogP contribution in [0.3, 0.4) is 0 Å². The Morgan fingerprint density at radius 3 is 2.73 bits per heavy atom. The molecule has 5 nitrogen and oxygen atoms in total. The second-order valence-corrected chi connectivity index (χ2v) is 6.09. The van der Waals surface area contributed by atoms with E-state index in [0.29, 0.717) is 13.1 Å². The van der Waals surface area contributed by atoms with Crippen LogP contribution in [-0.2, 0) is 16.0 Å². The molecular formula is C17H26N3O2+. The first-order chi connectivity index (χ1) is 10.6. The molecular weight excluding hydrogens is 278 g/mol. The summed E-state index contributed by atoms with van der Waals surface area (Å²) in [6.45, 7) is 5.76. The van der Waals surface area contributed by atoms with Gasteiger partial charge in [0.1, 0.15) is 0 Å². The third kappa shape index (κ3) is 4.84. The molecule has 1 unspecified atom stereocenters. The molecule has 3 N–H and O–H groups in total. The molecule has 2 rings (SSSR count). The van der Waals surface area contributed by atoms with E-state index in [1.807, 2.05) is 32.0 Å². The molecule has 1 aliphatic heterocycles. The average molecular weight is 304 g/mol. The number of rotatable bonds is 6. The van der Waals surface area contributed by atoms with Gasteiger partial charge in [-0.3, -0.25) is 9.59 Å². The Morgan fingerprint density at radius 1 is 1.32 bits per heavy atom. The number of aryl methyl sites for hydroxylation is 1. The van der Waals surface area contributed by atoms with Gasteiger partial charge < -0.3 is 15.5 Å². The summed E-state index contributed by atoms with van der Waals surface area (Å²) in [6, 6.07) is 10.2. The Labute approximate surface area is 132 Å². The first-order valence-electron chi connectivity index (χ1n) is 8.02. The van der Waals surface area contributed by atoms with Crippen LogP contribution in [0.4, 0.5) is 0 Å². The highest BCUT2D eigenvalue weighted by Crippen LogP contribution is 2.04. The first-order valence-corrected chi connectivity index (χ1v) is 8.02. The monoisotopic (exact) mass is 304 g/mol. The third-order valence-electron chi connectivity index (χ3n) is 4.26. The zero-order chi connectivity index (χ0) is 15.9. The molecule has 1 fully saturated rings. The van der Waals surface area contributed by atoms with Crippen molar-refractivity contribution in [3.8, 4) is 0 Å². The van der Waals surface area contributed by atoms with E-state index in [1.165, 1.54) is 5.56 Å². The number of piperazine rings is 1. The number of hydrogen-bond donors (Lipinski definition) is 3. The Balaban J connectivity index is 1.76. The number of amides is 2. The van der Waals surface area contributed by atoms with E-state index >= 15 is 0 Å². The minimum Gasteiger partial charge on any atom is -0.348 e. The fourth-order valence-corrected chi connectivity index (χ4v) is 2.74. The van der Waals surface area contributed by atoms with Crippen LogP contribution in [0, 0.1) is 0 Å².